The number of hydrogen-bond donors (Lipinski definition) is 1. The summed E-state index contributed by atoms with van der Waals surface area (Å²) < 4.78 is 0.992. The van der Waals surface area contributed by atoms with Crippen LogP contribution in [0.25, 0.3) is 10.9 Å². The average Bonchev–Trinajstić information content (AvgIpc) is 2.59. The molecule has 4 heteroatoms. The van der Waals surface area contributed by atoms with E-state index in [1.54, 1.807) is 0 Å². The molecule has 0 saturated carbocycles. The van der Waals surface area contributed by atoms with E-state index in [0.717, 1.165) is 26.8 Å². The molecule has 0 aliphatic heterocycles. The Morgan fingerprint density at radius 2 is 1.46 bits per heavy atom. The zero-order valence-electron chi connectivity index (χ0n) is 15.0. The van der Waals surface area contributed by atoms with E-state index in [2.05, 4.69) is 38.4 Å². The maximum absolute atomic E-state index is 4.35. The van der Waals surface area contributed by atoms with Crippen LogP contribution in [0.4, 0.5) is 11.4 Å². The van der Waals surface area contributed by atoms with Crippen LogP contribution in [-0.2, 0) is 19.8 Å². The minimum Gasteiger partial charge on any atom is -0.358 e. The Morgan fingerprint density at radius 1 is 0.833 bits per heavy atom. The fourth-order valence-corrected chi connectivity index (χ4v) is 2.22. The van der Waals surface area contributed by atoms with Gasteiger partial charge in [-0.15, -0.1) is 0 Å². The van der Waals surface area contributed by atoms with Crippen molar-refractivity contribution >= 4 is 38.2 Å². The van der Waals surface area contributed by atoms with Crippen LogP contribution in [0.5, 0.6) is 0 Å². The Labute approximate surface area is 168 Å². The van der Waals surface area contributed by atoms with Gasteiger partial charge in [0.1, 0.15) is 0 Å². The zero-order chi connectivity index (χ0) is 16.4. The monoisotopic (exact) mass is 565 g/mol. The quantitative estimate of drug-likeness (QED) is 0.332. The van der Waals surface area contributed by atoms with Crippen LogP contribution in [0.1, 0.15) is 27.7 Å². The predicted octanol–water partition coefficient (Wildman–Crippen LogP) is 7.24. The molecule has 131 valence electrons. The van der Waals surface area contributed by atoms with Crippen molar-refractivity contribution in [3.05, 3.63) is 72.7 Å². The number of benzene rings is 2. The Kier molecular flexibility index (Phi) is 14.7. The first-order valence-electron chi connectivity index (χ1n) is 7.69. The molecule has 0 bridgehead atoms. The van der Waals surface area contributed by atoms with Gasteiger partial charge in [-0.3, -0.25) is 4.98 Å². The molecule has 0 spiro atoms. The van der Waals surface area contributed by atoms with Gasteiger partial charge in [-0.1, -0.05) is 45.9 Å². The number of pyridine rings is 1. The van der Waals surface area contributed by atoms with Crippen molar-refractivity contribution in [2.24, 2.45) is 0 Å². The smallest absolute Gasteiger partial charge is 0.358 e. The van der Waals surface area contributed by atoms with Crippen molar-refractivity contribution in [1.82, 2.24) is 4.98 Å². The molecule has 0 fully saturated rings. The number of nitrogens with one attached hydrogen (secondary N) is 1. The van der Waals surface area contributed by atoms with Crippen LogP contribution >= 0.6 is 15.9 Å². The second kappa shape index (κ2) is 14.1. The third-order valence-electron chi connectivity index (χ3n) is 2.71. The first-order valence-corrected chi connectivity index (χ1v) is 8.48. The standard InChI is InChI=1S/C15H11BrN2.2C2H6.CH3.Os/c16-12-8-11-9-14(6-7-15(11)17-10-12)18-13-4-2-1-3-5-13;2*1-2;;/h1-10,18H;2*1-2H3;1H3;/q;;;-1;+1. The molecule has 0 aliphatic carbocycles. The maximum atomic E-state index is 4.35. The topological polar surface area (TPSA) is 24.9 Å². The van der Waals surface area contributed by atoms with Gasteiger partial charge in [0.25, 0.3) is 0 Å². The number of hydrogen-bond acceptors (Lipinski definition) is 2. The summed E-state index contributed by atoms with van der Waals surface area (Å²) in [7, 11) is 0. The average molecular weight is 565 g/mol. The molecular weight excluding hydrogens is 538 g/mol. The third kappa shape index (κ3) is 7.56. The van der Waals surface area contributed by atoms with Crippen LogP contribution < -0.4 is 5.32 Å². The summed E-state index contributed by atoms with van der Waals surface area (Å²) in [6.07, 6.45) is 1.81. The molecule has 0 atom stereocenters. The van der Waals surface area contributed by atoms with Crippen LogP contribution in [0.15, 0.2) is 65.3 Å². The molecule has 0 amide bonds. The van der Waals surface area contributed by atoms with Crippen molar-refractivity contribution in [2.45, 2.75) is 27.7 Å². The second-order valence-electron chi connectivity index (χ2n) is 4.05. The molecule has 24 heavy (non-hydrogen) atoms. The zero-order valence-corrected chi connectivity index (χ0v) is 19.1. The second-order valence-corrected chi connectivity index (χ2v) is 4.97. The number of rotatable bonds is 2. The third-order valence-corrected chi connectivity index (χ3v) is 3.14. The molecule has 0 unspecified atom stereocenters. The largest absolute Gasteiger partial charge is 1.00 e. The van der Waals surface area contributed by atoms with Gasteiger partial charge in [0.2, 0.25) is 0 Å². The molecule has 1 aromatic heterocycles. The normalized spacial score (nSPS) is 8.38. The summed E-state index contributed by atoms with van der Waals surface area (Å²) in [5.74, 6) is 0. The molecule has 1 N–H and O–H groups in total. The van der Waals surface area contributed by atoms with Gasteiger partial charge in [-0.25, -0.2) is 0 Å². The van der Waals surface area contributed by atoms with Crippen molar-refractivity contribution in [3.8, 4) is 0 Å². The number of nitrogens with zero attached hydrogens (tertiary/aromatic N) is 1. The summed E-state index contributed by atoms with van der Waals surface area (Å²) in [5.41, 5.74) is 3.14. The molecule has 3 rings (SSSR count). The van der Waals surface area contributed by atoms with E-state index in [4.69, 9.17) is 0 Å². The molecule has 0 aliphatic rings. The van der Waals surface area contributed by atoms with Gasteiger partial charge in [0.15, 0.2) is 0 Å². The number of fused-ring (bicyclic) bond motifs is 1. The van der Waals surface area contributed by atoms with Crippen LogP contribution in [0.2, 0.25) is 0 Å². The molecule has 3 aromatic rings. The van der Waals surface area contributed by atoms with Gasteiger partial charge < -0.3 is 12.7 Å². The minimum absolute atomic E-state index is 0. The number of aromatic nitrogens is 1. The van der Waals surface area contributed by atoms with Crippen molar-refractivity contribution < 1.29 is 19.8 Å². The fourth-order valence-electron chi connectivity index (χ4n) is 1.87. The Morgan fingerprint density at radius 3 is 2.08 bits per heavy atom. The van der Waals surface area contributed by atoms with Gasteiger partial charge in [-0.05, 0) is 52.3 Å². The van der Waals surface area contributed by atoms with E-state index in [1.807, 2.05) is 76.4 Å². The van der Waals surface area contributed by atoms with Gasteiger partial charge in [0.05, 0.1) is 5.52 Å². The Bertz CT molecular complexity index is 688. The summed E-state index contributed by atoms with van der Waals surface area (Å²) in [4.78, 5) is 4.35. The summed E-state index contributed by atoms with van der Waals surface area (Å²) in [5, 5.41) is 4.49. The predicted molar refractivity (Wildman–Crippen MR) is 108 cm³/mol. The first-order chi connectivity index (χ1) is 10.8. The van der Waals surface area contributed by atoms with E-state index >= 15 is 0 Å². The van der Waals surface area contributed by atoms with E-state index in [1.165, 1.54) is 0 Å². The van der Waals surface area contributed by atoms with Crippen molar-refractivity contribution in [3.63, 3.8) is 0 Å². The number of anilines is 2. The number of halogens is 1. The molecule has 1 radical (unpaired) electrons. The molecule has 1 heterocycles. The molecule has 0 saturated heterocycles. The van der Waals surface area contributed by atoms with Gasteiger partial charge >= 0.3 is 19.8 Å². The van der Waals surface area contributed by atoms with Crippen LogP contribution in [0.3, 0.4) is 0 Å². The van der Waals surface area contributed by atoms with Crippen molar-refractivity contribution in [1.29, 1.82) is 0 Å². The van der Waals surface area contributed by atoms with E-state index in [-0.39, 0.29) is 27.2 Å². The first kappa shape index (κ1) is 25.0. The van der Waals surface area contributed by atoms with E-state index < -0.39 is 0 Å². The Hall–Kier alpha value is -1.23. The molecular formula is C20H26BrN2Os. The maximum Gasteiger partial charge on any atom is 1.00 e. The van der Waals surface area contributed by atoms with Crippen LogP contribution in [0, 0.1) is 7.43 Å². The summed E-state index contributed by atoms with van der Waals surface area (Å²) in [6, 6.07) is 18.4. The molecule has 2 nitrogen and oxygen atoms in total. The van der Waals surface area contributed by atoms with Gasteiger partial charge in [0, 0.05) is 27.4 Å². The van der Waals surface area contributed by atoms with Crippen molar-refractivity contribution in [2.75, 3.05) is 5.32 Å². The number of para-hydroxylation sites is 1. The minimum atomic E-state index is 0. The van der Waals surface area contributed by atoms with Gasteiger partial charge in [-0.2, -0.15) is 0 Å². The van der Waals surface area contributed by atoms with E-state index in [0.29, 0.717) is 0 Å². The SMILES string of the molecule is Brc1cnc2ccc(Nc3ccccc3)cc2c1.CC.CC.[CH3-].[Os+]. The summed E-state index contributed by atoms with van der Waals surface area (Å²) >= 11 is 3.44. The van der Waals surface area contributed by atoms with E-state index in [9.17, 15) is 0 Å². The summed E-state index contributed by atoms with van der Waals surface area (Å²) in [6.45, 7) is 8.00. The molecule has 2 aromatic carbocycles. The Balaban J connectivity index is 0. The fraction of sp³-hybridized carbons (Fsp3) is 0.200. The van der Waals surface area contributed by atoms with Crippen LogP contribution in [-0.4, -0.2) is 4.98 Å².